The van der Waals surface area contributed by atoms with Crippen molar-refractivity contribution in [2.75, 3.05) is 52.5 Å². The molecule has 0 aromatic heterocycles. The minimum absolute atomic E-state index is 0.127. The molecule has 2 heterocycles. The van der Waals surface area contributed by atoms with Gasteiger partial charge >= 0.3 is 0 Å². The second-order valence-electron chi connectivity index (χ2n) is 6.03. The number of likely N-dealkylation sites (tertiary alicyclic amines) is 1. The number of carbonyl (C=O) groups excluding carboxylic acids is 1. The van der Waals surface area contributed by atoms with Gasteiger partial charge in [-0.1, -0.05) is 6.92 Å². The van der Waals surface area contributed by atoms with Crippen molar-refractivity contribution in [3.8, 4) is 0 Å². The van der Waals surface area contributed by atoms with Gasteiger partial charge in [0.05, 0.1) is 13.2 Å². The Morgan fingerprint density at radius 1 is 1.38 bits per heavy atom. The Hall–Kier alpha value is -0.690. The van der Waals surface area contributed by atoms with E-state index in [2.05, 4.69) is 22.0 Å². The van der Waals surface area contributed by atoms with Crippen LogP contribution < -0.4 is 11.1 Å². The summed E-state index contributed by atoms with van der Waals surface area (Å²) >= 11 is 0. The molecule has 0 radical (unpaired) electrons. The predicted molar refractivity (Wildman–Crippen MR) is 83.1 cm³/mol. The van der Waals surface area contributed by atoms with Crippen molar-refractivity contribution in [2.24, 2.45) is 5.73 Å². The Kier molecular flexibility index (Phi) is 6.89. The smallest absolute Gasteiger partial charge is 0.221 e. The summed E-state index contributed by atoms with van der Waals surface area (Å²) < 4.78 is 5.42. The predicted octanol–water partition coefficient (Wildman–Crippen LogP) is -0.363. The highest BCUT2D eigenvalue weighted by molar-refractivity contribution is 5.76. The highest BCUT2D eigenvalue weighted by Crippen LogP contribution is 2.20. The number of nitrogens with zero attached hydrogens (tertiary/aromatic N) is 2. The van der Waals surface area contributed by atoms with Gasteiger partial charge in [-0.05, 0) is 12.8 Å². The van der Waals surface area contributed by atoms with Gasteiger partial charge < -0.3 is 15.8 Å². The zero-order valence-electron chi connectivity index (χ0n) is 13.2. The van der Waals surface area contributed by atoms with Gasteiger partial charge in [0.2, 0.25) is 5.91 Å². The first-order chi connectivity index (χ1) is 10.2. The van der Waals surface area contributed by atoms with E-state index in [1.54, 1.807) is 0 Å². The molecule has 0 spiro atoms. The van der Waals surface area contributed by atoms with E-state index in [1.165, 1.54) is 6.42 Å². The van der Waals surface area contributed by atoms with Gasteiger partial charge in [-0.15, -0.1) is 0 Å². The molecule has 3 N–H and O–H groups in total. The molecule has 2 aliphatic heterocycles. The van der Waals surface area contributed by atoms with Crippen LogP contribution in [0.3, 0.4) is 0 Å². The van der Waals surface area contributed by atoms with E-state index >= 15 is 0 Å². The molecule has 6 heteroatoms. The largest absolute Gasteiger partial charge is 0.379 e. The molecule has 2 aliphatic rings. The lowest BCUT2D eigenvalue weighted by molar-refractivity contribution is -0.122. The third-order valence-corrected chi connectivity index (χ3v) is 4.54. The second kappa shape index (κ2) is 8.68. The van der Waals surface area contributed by atoms with E-state index in [9.17, 15) is 4.79 Å². The number of carbonyl (C=O) groups is 1. The molecule has 0 aromatic carbocycles. The average Bonchev–Trinajstić information content (AvgIpc) is 3.01. The van der Waals surface area contributed by atoms with Crippen LogP contribution in [0.2, 0.25) is 0 Å². The van der Waals surface area contributed by atoms with Crippen LogP contribution in [0.25, 0.3) is 0 Å². The minimum atomic E-state index is 0.127. The molecule has 6 nitrogen and oxygen atoms in total. The monoisotopic (exact) mass is 298 g/mol. The van der Waals surface area contributed by atoms with Gasteiger partial charge in [0.25, 0.3) is 0 Å². The Morgan fingerprint density at radius 3 is 2.81 bits per heavy atom. The van der Waals surface area contributed by atoms with Crippen LogP contribution in [0, 0.1) is 0 Å². The summed E-state index contributed by atoms with van der Waals surface area (Å²) in [6.07, 6.45) is 2.67. The summed E-state index contributed by atoms with van der Waals surface area (Å²) in [6, 6.07) is 0.773. The number of nitrogens with one attached hydrogen (secondary N) is 1. The zero-order chi connectivity index (χ0) is 15.1. The Bertz CT molecular complexity index is 321. The third kappa shape index (κ3) is 4.92. The second-order valence-corrected chi connectivity index (χ2v) is 6.03. The van der Waals surface area contributed by atoms with Crippen LogP contribution in [0.15, 0.2) is 0 Å². The SMILES string of the molecule is CCCNC(=O)CC(CN)N1CCC(N2CCOCC2)C1. The van der Waals surface area contributed by atoms with E-state index in [0.717, 1.165) is 52.4 Å². The Labute approximate surface area is 128 Å². The summed E-state index contributed by atoms with van der Waals surface area (Å²) in [6.45, 7) is 9.20. The van der Waals surface area contributed by atoms with Crippen molar-refractivity contribution < 1.29 is 9.53 Å². The Morgan fingerprint density at radius 2 is 2.14 bits per heavy atom. The van der Waals surface area contributed by atoms with Crippen molar-refractivity contribution in [2.45, 2.75) is 38.3 Å². The number of ether oxygens (including phenoxy) is 1. The molecule has 2 unspecified atom stereocenters. The van der Waals surface area contributed by atoms with Gasteiger partial charge in [-0.3, -0.25) is 14.6 Å². The quantitative estimate of drug-likeness (QED) is 0.671. The van der Waals surface area contributed by atoms with Crippen LogP contribution in [0.1, 0.15) is 26.2 Å². The maximum Gasteiger partial charge on any atom is 0.221 e. The van der Waals surface area contributed by atoms with Crippen LogP contribution in [0.4, 0.5) is 0 Å². The van der Waals surface area contributed by atoms with E-state index in [4.69, 9.17) is 10.5 Å². The number of hydrogen-bond acceptors (Lipinski definition) is 5. The molecular weight excluding hydrogens is 268 g/mol. The van der Waals surface area contributed by atoms with Gasteiger partial charge in [0.15, 0.2) is 0 Å². The summed E-state index contributed by atoms with van der Waals surface area (Å²) in [7, 11) is 0. The number of rotatable bonds is 7. The van der Waals surface area contributed by atoms with Crippen molar-refractivity contribution in [1.82, 2.24) is 15.1 Å². The molecule has 2 fully saturated rings. The minimum Gasteiger partial charge on any atom is -0.379 e. The lowest BCUT2D eigenvalue weighted by atomic mass is 10.1. The van der Waals surface area contributed by atoms with Crippen molar-refractivity contribution in [3.63, 3.8) is 0 Å². The molecule has 2 atom stereocenters. The lowest BCUT2D eigenvalue weighted by Crippen LogP contribution is -2.47. The molecule has 2 saturated heterocycles. The van der Waals surface area contributed by atoms with E-state index in [1.807, 2.05) is 0 Å². The first-order valence-corrected chi connectivity index (χ1v) is 8.27. The first kappa shape index (κ1) is 16.7. The van der Waals surface area contributed by atoms with Gasteiger partial charge in [-0.2, -0.15) is 0 Å². The summed E-state index contributed by atoms with van der Waals surface area (Å²) in [5.74, 6) is 0.127. The topological polar surface area (TPSA) is 70.8 Å². The maximum absolute atomic E-state index is 11.9. The van der Waals surface area contributed by atoms with Crippen molar-refractivity contribution in [1.29, 1.82) is 0 Å². The molecule has 0 aromatic rings. The van der Waals surface area contributed by atoms with Gasteiger partial charge in [-0.25, -0.2) is 0 Å². The summed E-state index contributed by atoms with van der Waals surface area (Å²) in [4.78, 5) is 16.8. The van der Waals surface area contributed by atoms with Gasteiger partial charge in [0.1, 0.15) is 0 Å². The number of nitrogens with two attached hydrogens (primary N) is 1. The van der Waals surface area contributed by atoms with Crippen molar-refractivity contribution >= 4 is 5.91 Å². The maximum atomic E-state index is 11.9. The van der Waals surface area contributed by atoms with E-state index in [-0.39, 0.29) is 11.9 Å². The highest BCUT2D eigenvalue weighted by atomic mass is 16.5. The lowest BCUT2D eigenvalue weighted by Gasteiger charge is -2.33. The van der Waals surface area contributed by atoms with Crippen LogP contribution in [-0.2, 0) is 9.53 Å². The molecule has 122 valence electrons. The first-order valence-electron chi connectivity index (χ1n) is 8.27. The molecule has 0 saturated carbocycles. The fraction of sp³-hybridized carbons (Fsp3) is 0.933. The molecule has 0 bridgehead atoms. The average molecular weight is 298 g/mol. The fourth-order valence-corrected chi connectivity index (χ4v) is 3.25. The molecule has 0 aliphatic carbocycles. The van der Waals surface area contributed by atoms with E-state index in [0.29, 0.717) is 19.0 Å². The Balaban J connectivity index is 1.78. The van der Waals surface area contributed by atoms with Crippen LogP contribution in [0.5, 0.6) is 0 Å². The zero-order valence-corrected chi connectivity index (χ0v) is 13.2. The van der Waals surface area contributed by atoms with Gasteiger partial charge in [0, 0.05) is 57.8 Å². The number of amides is 1. The van der Waals surface area contributed by atoms with Crippen molar-refractivity contribution in [3.05, 3.63) is 0 Å². The number of hydrogen-bond donors (Lipinski definition) is 2. The van der Waals surface area contributed by atoms with E-state index < -0.39 is 0 Å². The molecular formula is C15H30N4O2. The summed E-state index contributed by atoms with van der Waals surface area (Å²) in [5.41, 5.74) is 5.90. The summed E-state index contributed by atoms with van der Waals surface area (Å²) in [5, 5.41) is 2.95. The molecule has 2 rings (SSSR count). The molecule has 1 amide bonds. The standard InChI is InChI=1S/C15H30N4O2/c1-2-4-17-15(20)10-14(11-16)19-5-3-13(12-19)18-6-8-21-9-7-18/h13-14H,2-12,16H2,1H3,(H,17,20). The van der Waals surface area contributed by atoms with Crippen LogP contribution in [-0.4, -0.2) is 80.3 Å². The van der Waals surface area contributed by atoms with Crippen LogP contribution >= 0.6 is 0 Å². The fourth-order valence-electron chi connectivity index (χ4n) is 3.25. The highest BCUT2D eigenvalue weighted by Gasteiger charge is 2.32. The molecule has 21 heavy (non-hydrogen) atoms. The third-order valence-electron chi connectivity index (χ3n) is 4.54. The number of morpholine rings is 1. The normalized spacial score (nSPS) is 25.9.